The maximum atomic E-state index is 4.42. The molecular weight excluding hydrogens is 363 g/mol. The van der Waals surface area contributed by atoms with Crippen LogP contribution in [0.5, 0.6) is 0 Å². The van der Waals surface area contributed by atoms with Gasteiger partial charge in [-0.3, -0.25) is 0 Å². The van der Waals surface area contributed by atoms with E-state index in [-0.39, 0.29) is 0 Å². The topological polar surface area (TPSA) is 0 Å². The molecule has 0 amide bonds. The Balaban J connectivity index is 3.95. The van der Waals surface area contributed by atoms with Crippen LogP contribution in [0.25, 0.3) is 0 Å². The molecule has 0 fully saturated rings. The van der Waals surface area contributed by atoms with E-state index in [0.717, 1.165) is 0 Å². The molecule has 0 spiro atoms. The van der Waals surface area contributed by atoms with Crippen molar-refractivity contribution in [3.05, 3.63) is 0 Å². The van der Waals surface area contributed by atoms with Gasteiger partial charge in [0.15, 0.2) is 0 Å². The van der Waals surface area contributed by atoms with Crippen LogP contribution in [0.2, 0.25) is 0 Å². The molecule has 0 aliphatic carbocycles. The normalized spacial score (nSPS) is 13.9. The molecule has 0 saturated heterocycles. The second kappa shape index (κ2) is 14.1. The first kappa shape index (κ1) is 23.9. The predicted molar refractivity (Wildman–Crippen MR) is 118 cm³/mol. The number of rotatable bonds is 17. The first-order valence-electron chi connectivity index (χ1n) is 10.8. The fourth-order valence-electron chi connectivity index (χ4n) is 4.34. The van der Waals surface area contributed by atoms with E-state index in [1.807, 2.05) is 0 Å². The molecule has 0 rings (SSSR count). The van der Waals surface area contributed by atoms with Gasteiger partial charge in [0.05, 0.1) is 0 Å². The van der Waals surface area contributed by atoms with Crippen molar-refractivity contribution < 1.29 is 0 Å². The molecule has 0 radical (unpaired) electrons. The summed E-state index contributed by atoms with van der Waals surface area (Å²) in [6, 6.07) is 0. The van der Waals surface area contributed by atoms with Gasteiger partial charge in [-0.15, -0.1) is 0 Å². The summed E-state index contributed by atoms with van der Waals surface area (Å²) < 4.78 is 0. The van der Waals surface area contributed by atoms with Gasteiger partial charge in [-0.1, -0.05) is 0 Å². The molecule has 0 aromatic rings. The summed E-state index contributed by atoms with van der Waals surface area (Å²) >= 11 is 4.42. The van der Waals surface area contributed by atoms with Gasteiger partial charge < -0.3 is 0 Å². The van der Waals surface area contributed by atoms with Crippen LogP contribution < -0.4 is 0 Å². The summed E-state index contributed by atoms with van der Waals surface area (Å²) in [7, 11) is 0. The molecular formula is C21H46BrP. The average Bonchev–Trinajstić information content (AvgIpc) is 2.50. The monoisotopic (exact) mass is 408 g/mol. The van der Waals surface area contributed by atoms with Crippen molar-refractivity contribution in [2.75, 3.05) is 24.6 Å². The first-order valence-corrected chi connectivity index (χ1v) is 15.8. The second-order valence-electron chi connectivity index (χ2n) is 7.90. The molecule has 0 aliphatic heterocycles. The molecule has 0 saturated carbocycles. The van der Waals surface area contributed by atoms with Gasteiger partial charge in [0.25, 0.3) is 0 Å². The van der Waals surface area contributed by atoms with E-state index < -0.39 is 5.31 Å². The van der Waals surface area contributed by atoms with Gasteiger partial charge in [0, 0.05) is 0 Å². The van der Waals surface area contributed by atoms with E-state index in [9.17, 15) is 0 Å². The van der Waals surface area contributed by atoms with Crippen LogP contribution >= 0.6 is 20.8 Å². The minimum atomic E-state index is -1.55. The van der Waals surface area contributed by atoms with Crippen LogP contribution in [0.3, 0.4) is 0 Å². The van der Waals surface area contributed by atoms with Crippen LogP contribution in [0.15, 0.2) is 0 Å². The summed E-state index contributed by atoms with van der Waals surface area (Å²) in [4.78, 5) is 0. The van der Waals surface area contributed by atoms with E-state index >= 15 is 0 Å². The molecule has 2 heteroatoms. The summed E-state index contributed by atoms with van der Waals surface area (Å²) in [5.74, 6) is 0. The maximum absolute atomic E-state index is 4.42. The van der Waals surface area contributed by atoms with E-state index in [4.69, 9.17) is 0 Å². The minimum absolute atomic E-state index is 1.36. The molecule has 0 unspecified atom stereocenters. The van der Waals surface area contributed by atoms with Gasteiger partial charge in [0.1, 0.15) is 0 Å². The van der Waals surface area contributed by atoms with Gasteiger partial charge in [-0.25, -0.2) is 0 Å². The summed E-state index contributed by atoms with van der Waals surface area (Å²) in [6.45, 7) is 9.45. The molecule has 0 aliphatic rings. The fraction of sp³-hybridized carbons (Fsp3) is 1.00. The zero-order valence-electron chi connectivity index (χ0n) is 16.8. The van der Waals surface area contributed by atoms with E-state index in [2.05, 4.69) is 43.2 Å². The summed E-state index contributed by atoms with van der Waals surface area (Å²) in [5.41, 5.74) is 0. The molecule has 0 bridgehead atoms. The van der Waals surface area contributed by atoms with Crippen molar-refractivity contribution in [1.29, 1.82) is 0 Å². The quantitative estimate of drug-likeness (QED) is 0.166. The van der Waals surface area contributed by atoms with E-state index in [1.54, 1.807) is 0 Å². The van der Waals surface area contributed by atoms with Crippen molar-refractivity contribution in [3.8, 4) is 0 Å². The third kappa shape index (κ3) is 11.2. The van der Waals surface area contributed by atoms with Crippen LogP contribution in [0.1, 0.15) is 111 Å². The van der Waals surface area contributed by atoms with Gasteiger partial charge in [0.2, 0.25) is 0 Å². The predicted octanol–water partition coefficient (Wildman–Crippen LogP) is 9.00. The van der Waals surface area contributed by atoms with Crippen LogP contribution in [-0.4, -0.2) is 24.6 Å². The van der Waals surface area contributed by atoms with Crippen molar-refractivity contribution in [2.24, 2.45) is 0 Å². The Morgan fingerprint density at radius 3 is 1.13 bits per heavy atom. The molecule has 0 N–H and O–H groups in total. The first-order chi connectivity index (χ1) is 11.0. The van der Waals surface area contributed by atoms with Gasteiger partial charge in [-0.05, 0) is 0 Å². The number of unbranched alkanes of at least 4 members (excludes halogenated alkanes) is 9. The Morgan fingerprint density at radius 1 is 0.435 bits per heavy atom. The summed E-state index contributed by atoms with van der Waals surface area (Å²) in [5, 5.41) is -1.55. The van der Waals surface area contributed by atoms with Crippen molar-refractivity contribution in [2.45, 2.75) is 111 Å². The third-order valence-electron chi connectivity index (χ3n) is 5.42. The Morgan fingerprint density at radius 2 is 0.783 bits per heavy atom. The van der Waals surface area contributed by atoms with Crippen LogP contribution in [0.4, 0.5) is 0 Å². The van der Waals surface area contributed by atoms with Crippen molar-refractivity contribution >= 4 is 20.8 Å². The fourth-order valence-corrected chi connectivity index (χ4v) is 14.0. The molecule has 142 valence electrons. The molecule has 23 heavy (non-hydrogen) atoms. The third-order valence-corrected chi connectivity index (χ3v) is 15.8. The van der Waals surface area contributed by atoms with Crippen LogP contribution in [-0.2, 0) is 0 Å². The summed E-state index contributed by atoms with van der Waals surface area (Å²) in [6.07, 6.45) is 24.6. The van der Waals surface area contributed by atoms with E-state index in [1.165, 1.54) is 108 Å². The Kier molecular flexibility index (Phi) is 14.7. The van der Waals surface area contributed by atoms with Crippen molar-refractivity contribution in [3.63, 3.8) is 0 Å². The Labute approximate surface area is 156 Å². The second-order valence-corrected chi connectivity index (χ2v) is 19.3. The zero-order chi connectivity index (χ0) is 17.5. The van der Waals surface area contributed by atoms with Crippen LogP contribution in [0, 0.1) is 0 Å². The number of halogens is 1. The Hall–Kier alpha value is 0.910. The van der Waals surface area contributed by atoms with E-state index in [0.29, 0.717) is 0 Å². The van der Waals surface area contributed by atoms with Crippen molar-refractivity contribution in [1.82, 2.24) is 0 Å². The molecule has 0 aromatic heterocycles. The average molecular weight is 409 g/mol. The SMILES string of the molecule is CCCCCCCCCCCCP(Br)(CCC)(CCC)CCC. The van der Waals surface area contributed by atoms with Gasteiger partial charge in [-0.2, -0.15) is 0 Å². The molecule has 0 heterocycles. The zero-order valence-corrected chi connectivity index (χ0v) is 19.3. The molecule has 0 atom stereocenters. The number of hydrogen-bond donors (Lipinski definition) is 0. The van der Waals surface area contributed by atoms with Gasteiger partial charge >= 0.3 is 157 Å². The number of hydrogen-bond acceptors (Lipinski definition) is 0. The molecule has 0 nitrogen and oxygen atoms in total. The molecule has 0 aromatic carbocycles. The Bertz CT molecular complexity index is 245. The standard InChI is InChI=1S/C21H46BrP/c1-5-9-10-11-12-13-14-15-16-17-21-23(22,18-6-2,19-7-3)20-8-4/h5-21H2,1-4H3.